The number of benzene rings is 2. The van der Waals surface area contributed by atoms with Crippen LogP contribution >= 0.6 is 0 Å². The van der Waals surface area contributed by atoms with Gasteiger partial charge in [-0.3, -0.25) is 4.79 Å². The van der Waals surface area contributed by atoms with Crippen LogP contribution in [0.1, 0.15) is 35.7 Å². The highest BCUT2D eigenvalue weighted by Gasteiger charge is 2.08. The van der Waals surface area contributed by atoms with Gasteiger partial charge in [-0.2, -0.15) is 0 Å². The predicted molar refractivity (Wildman–Crippen MR) is 81.5 cm³/mol. The summed E-state index contributed by atoms with van der Waals surface area (Å²) in [7, 11) is 1.62. The zero-order valence-electron chi connectivity index (χ0n) is 12.0. The number of nitrogens with one attached hydrogen (secondary N) is 1. The van der Waals surface area contributed by atoms with Crippen LogP contribution in [0, 0.1) is 0 Å². The van der Waals surface area contributed by atoms with Crippen molar-refractivity contribution in [1.82, 2.24) is 0 Å². The average Bonchev–Trinajstić information content (AvgIpc) is 2.48. The fourth-order valence-electron chi connectivity index (χ4n) is 1.92. The third-order valence-electron chi connectivity index (χ3n) is 3.16. The van der Waals surface area contributed by atoms with Gasteiger partial charge in [0.2, 0.25) is 0 Å². The third kappa shape index (κ3) is 3.38. The van der Waals surface area contributed by atoms with E-state index < -0.39 is 0 Å². The first-order valence-electron chi connectivity index (χ1n) is 6.65. The first-order valence-corrected chi connectivity index (χ1v) is 6.65. The number of rotatable bonds is 4. The van der Waals surface area contributed by atoms with Crippen LogP contribution in [0.4, 0.5) is 5.69 Å². The molecule has 2 aromatic rings. The lowest BCUT2D eigenvalue weighted by Crippen LogP contribution is -2.12. The number of carbonyl (C=O) groups is 1. The Hall–Kier alpha value is -2.29. The summed E-state index contributed by atoms with van der Waals surface area (Å²) in [5.74, 6) is 1.08. The monoisotopic (exact) mass is 269 g/mol. The van der Waals surface area contributed by atoms with Gasteiger partial charge in [-0.1, -0.05) is 26.0 Å². The fourth-order valence-corrected chi connectivity index (χ4v) is 1.92. The zero-order chi connectivity index (χ0) is 14.5. The topological polar surface area (TPSA) is 38.3 Å². The van der Waals surface area contributed by atoms with Gasteiger partial charge in [-0.15, -0.1) is 0 Å². The second-order valence-electron chi connectivity index (χ2n) is 4.96. The largest absolute Gasteiger partial charge is 0.497 e. The minimum absolute atomic E-state index is 0.0994. The molecule has 0 heterocycles. The molecule has 0 aliphatic rings. The molecule has 0 spiro atoms. The minimum Gasteiger partial charge on any atom is -0.497 e. The van der Waals surface area contributed by atoms with Gasteiger partial charge in [-0.25, -0.2) is 0 Å². The molecule has 3 heteroatoms. The average molecular weight is 269 g/mol. The Labute approximate surface area is 119 Å². The molecule has 0 bridgehead atoms. The van der Waals surface area contributed by atoms with Crippen molar-refractivity contribution in [2.24, 2.45) is 0 Å². The van der Waals surface area contributed by atoms with Crippen LogP contribution in [0.5, 0.6) is 5.75 Å². The minimum atomic E-state index is -0.0994. The molecule has 0 aliphatic heterocycles. The van der Waals surface area contributed by atoms with Gasteiger partial charge >= 0.3 is 0 Å². The van der Waals surface area contributed by atoms with Crippen LogP contribution < -0.4 is 10.1 Å². The fraction of sp³-hybridized carbons (Fsp3) is 0.235. The van der Waals surface area contributed by atoms with E-state index in [-0.39, 0.29) is 5.91 Å². The molecule has 1 N–H and O–H groups in total. The number of ether oxygens (including phenoxy) is 1. The first-order chi connectivity index (χ1) is 9.60. The highest BCUT2D eigenvalue weighted by atomic mass is 16.5. The van der Waals surface area contributed by atoms with E-state index in [1.54, 1.807) is 7.11 Å². The highest BCUT2D eigenvalue weighted by Crippen LogP contribution is 2.18. The van der Waals surface area contributed by atoms with Crippen LogP contribution in [0.15, 0.2) is 48.5 Å². The third-order valence-corrected chi connectivity index (χ3v) is 3.16. The molecule has 3 nitrogen and oxygen atoms in total. The standard InChI is InChI=1S/C17H19NO2/c1-12(2)13-5-4-6-14(11-13)17(19)18-15-7-9-16(20-3)10-8-15/h4-12H,1-3H3,(H,18,19). The summed E-state index contributed by atoms with van der Waals surface area (Å²) in [6, 6.07) is 15.0. The zero-order valence-corrected chi connectivity index (χ0v) is 12.0. The quantitative estimate of drug-likeness (QED) is 0.908. The summed E-state index contributed by atoms with van der Waals surface area (Å²) in [5, 5.41) is 2.88. The van der Waals surface area contributed by atoms with Crippen molar-refractivity contribution in [3.05, 3.63) is 59.7 Å². The molecule has 0 atom stereocenters. The maximum Gasteiger partial charge on any atom is 0.255 e. The van der Waals surface area contributed by atoms with Crippen molar-refractivity contribution in [3.8, 4) is 5.75 Å². The molecular formula is C17H19NO2. The number of methoxy groups -OCH3 is 1. The Bertz CT molecular complexity index is 588. The van der Waals surface area contributed by atoms with Crippen LogP contribution in [0.2, 0.25) is 0 Å². The molecule has 0 aromatic heterocycles. The number of carbonyl (C=O) groups excluding carboxylic acids is 1. The van der Waals surface area contributed by atoms with Crippen molar-refractivity contribution in [3.63, 3.8) is 0 Å². The van der Waals surface area contributed by atoms with Gasteiger partial charge in [0.05, 0.1) is 7.11 Å². The predicted octanol–water partition coefficient (Wildman–Crippen LogP) is 4.07. The molecule has 0 aliphatic carbocycles. The molecule has 0 radical (unpaired) electrons. The summed E-state index contributed by atoms with van der Waals surface area (Å²) >= 11 is 0. The summed E-state index contributed by atoms with van der Waals surface area (Å²) in [4.78, 5) is 12.2. The van der Waals surface area contributed by atoms with Gasteiger partial charge in [-0.05, 0) is 47.9 Å². The highest BCUT2D eigenvalue weighted by molar-refractivity contribution is 6.04. The summed E-state index contributed by atoms with van der Waals surface area (Å²) in [6.07, 6.45) is 0. The van der Waals surface area contributed by atoms with Crippen molar-refractivity contribution in [1.29, 1.82) is 0 Å². The maximum absolute atomic E-state index is 12.2. The first kappa shape index (κ1) is 14.1. The van der Waals surface area contributed by atoms with Gasteiger partial charge in [0.1, 0.15) is 5.75 Å². The lowest BCUT2D eigenvalue weighted by Gasteiger charge is -2.09. The second-order valence-corrected chi connectivity index (χ2v) is 4.96. The van der Waals surface area contributed by atoms with Crippen molar-refractivity contribution < 1.29 is 9.53 Å². The molecule has 0 saturated carbocycles. The van der Waals surface area contributed by atoms with Crippen LogP contribution in [-0.2, 0) is 0 Å². The van der Waals surface area contributed by atoms with E-state index >= 15 is 0 Å². The maximum atomic E-state index is 12.2. The molecule has 2 rings (SSSR count). The Morgan fingerprint density at radius 3 is 2.40 bits per heavy atom. The molecule has 104 valence electrons. The lowest BCUT2D eigenvalue weighted by molar-refractivity contribution is 0.102. The Kier molecular flexibility index (Phi) is 4.41. The van der Waals surface area contributed by atoms with Gasteiger partial charge in [0.25, 0.3) is 5.91 Å². The SMILES string of the molecule is COc1ccc(NC(=O)c2cccc(C(C)C)c2)cc1. The van der Waals surface area contributed by atoms with Crippen LogP contribution in [0.3, 0.4) is 0 Å². The molecule has 0 unspecified atom stereocenters. The molecular weight excluding hydrogens is 250 g/mol. The van der Waals surface area contributed by atoms with Crippen LogP contribution in [-0.4, -0.2) is 13.0 Å². The number of amides is 1. The molecule has 1 amide bonds. The smallest absolute Gasteiger partial charge is 0.255 e. The molecule has 20 heavy (non-hydrogen) atoms. The Balaban J connectivity index is 2.12. The number of hydrogen-bond donors (Lipinski definition) is 1. The van der Waals surface area contributed by atoms with Crippen LogP contribution in [0.25, 0.3) is 0 Å². The summed E-state index contributed by atoms with van der Waals surface area (Å²) in [6.45, 7) is 4.22. The molecule has 0 fully saturated rings. The second kappa shape index (κ2) is 6.24. The Morgan fingerprint density at radius 1 is 1.10 bits per heavy atom. The van der Waals surface area contributed by atoms with E-state index in [1.165, 1.54) is 0 Å². The van der Waals surface area contributed by atoms with Gasteiger partial charge in [0, 0.05) is 11.3 Å². The van der Waals surface area contributed by atoms with E-state index in [0.29, 0.717) is 11.5 Å². The summed E-state index contributed by atoms with van der Waals surface area (Å²) < 4.78 is 5.09. The number of hydrogen-bond acceptors (Lipinski definition) is 2. The normalized spacial score (nSPS) is 10.4. The van der Waals surface area contributed by atoms with E-state index in [2.05, 4.69) is 19.2 Å². The van der Waals surface area contributed by atoms with Gasteiger partial charge in [0.15, 0.2) is 0 Å². The van der Waals surface area contributed by atoms with E-state index in [9.17, 15) is 4.79 Å². The van der Waals surface area contributed by atoms with E-state index in [0.717, 1.165) is 17.0 Å². The van der Waals surface area contributed by atoms with E-state index in [4.69, 9.17) is 4.74 Å². The van der Waals surface area contributed by atoms with Crippen molar-refractivity contribution in [2.45, 2.75) is 19.8 Å². The van der Waals surface area contributed by atoms with Crippen molar-refractivity contribution >= 4 is 11.6 Å². The van der Waals surface area contributed by atoms with Crippen molar-refractivity contribution in [2.75, 3.05) is 12.4 Å². The summed E-state index contributed by atoms with van der Waals surface area (Å²) in [5.41, 5.74) is 2.59. The molecule has 2 aromatic carbocycles. The lowest BCUT2D eigenvalue weighted by atomic mass is 10.0. The molecule has 0 saturated heterocycles. The number of anilines is 1. The van der Waals surface area contributed by atoms with E-state index in [1.807, 2.05) is 48.5 Å². The Morgan fingerprint density at radius 2 is 1.80 bits per heavy atom. The van der Waals surface area contributed by atoms with Gasteiger partial charge < -0.3 is 10.1 Å².